The number of rotatable bonds is 4. The van der Waals surface area contributed by atoms with Crippen molar-refractivity contribution in [2.45, 2.75) is 18.9 Å². The number of carbonyl (C=O) groups is 1. The van der Waals surface area contributed by atoms with Gasteiger partial charge in [-0.25, -0.2) is 0 Å². The zero-order valence-electron chi connectivity index (χ0n) is 12.8. The van der Waals surface area contributed by atoms with Gasteiger partial charge in [0.15, 0.2) is 0 Å². The summed E-state index contributed by atoms with van der Waals surface area (Å²) in [6.45, 7) is 3.56. The molecule has 0 bridgehead atoms. The lowest BCUT2D eigenvalue weighted by Gasteiger charge is -2.36. The van der Waals surface area contributed by atoms with E-state index >= 15 is 0 Å². The van der Waals surface area contributed by atoms with Gasteiger partial charge in [0.05, 0.1) is 19.1 Å². The van der Waals surface area contributed by atoms with E-state index in [9.17, 15) is 4.79 Å². The molecule has 2 aliphatic rings. The molecule has 2 fully saturated rings. The summed E-state index contributed by atoms with van der Waals surface area (Å²) in [7, 11) is 4.19. The summed E-state index contributed by atoms with van der Waals surface area (Å²) < 4.78 is 5.97. The molecule has 0 spiro atoms. The van der Waals surface area contributed by atoms with Crippen LogP contribution in [0.15, 0.2) is 16.8 Å². The molecule has 0 aromatic carbocycles. The number of carbonyl (C=O) groups excluding carboxylic acids is 1. The molecule has 0 N–H and O–H groups in total. The Morgan fingerprint density at radius 2 is 2.38 bits per heavy atom. The van der Waals surface area contributed by atoms with E-state index in [4.69, 9.17) is 4.74 Å². The monoisotopic (exact) mass is 308 g/mol. The van der Waals surface area contributed by atoms with E-state index in [1.807, 2.05) is 16.3 Å². The Morgan fingerprint density at radius 1 is 1.52 bits per heavy atom. The van der Waals surface area contributed by atoms with Gasteiger partial charge in [-0.3, -0.25) is 4.79 Å². The number of thiophene rings is 1. The summed E-state index contributed by atoms with van der Waals surface area (Å²) >= 11 is 1.65. The van der Waals surface area contributed by atoms with Crippen LogP contribution in [-0.2, 0) is 16.0 Å². The fourth-order valence-electron chi connectivity index (χ4n) is 3.54. The maximum absolute atomic E-state index is 12.4. The number of hydrogen-bond donors (Lipinski definition) is 0. The van der Waals surface area contributed by atoms with Crippen LogP contribution < -0.4 is 0 Å². The maximum Gasteiger partial charge on any atom is 0.227 e. The number of nitrogens with zero attached hydrogens (tertiary/aromatic N) is 2. The van der Waals surface area contributed by atoms with Crippen LogP contribution in [0.1, 0.15) is 12.0 Å². The summed E-state index contributed by atoms with van der Waals surface area (Å²) in [6, 6.07) is 2.04. The lowest BCUT2D eigenvalue weighted by molar-refractivity contribution is -0.132. The maximum atomic E-state index is 12.4. The van der Waals surface area contributed by atoms with E-state index in [-0.39, 0.29) is 5.91 Å². The standard InChI is InChI=1S/C16H24N2O2S/c1-17(2)9-15-14-3-5-18(8-13(14)10-20-15)16(19)7-12-4-6-21-11-12/h4,6,11,13-15H,3,5,7-10H2,1-2H3/t13-,14-,15-/m0/s1. The first-order chi connectivity index (χ1) is 10.1. The Balaban J connectivity index is 1.55. The fourth-order valence-corrected chi connectivity index (χ4v) is 4.21. The third kappa shape index (κ3) is 3.47. The number of hydrogen-bond acceptors (Lipinski definition) is 4. The summed E-state index contributed by atoms with van der Waals surface area (Å²) in [5, 5.41) is 4.10. The molecule has 1 amide bonds. The molecule has 116 valence electrons. The normalized spacial score (nSPS) is 28.9. The van der Waals surface area contributed by atoms with Crippen LogP contribution in [0.5, 0.6) is 0 Å². The lowest BCUT2D eigenvalue weighted by atomic mass is 9.84. The first-order valence-corrected chi connectivity index (χ1v) is 8.63. The van der Waals surface area contributed by atoms with Gasteiger partial charge in [-0.05, 0) is 48.8 Å². The van der Waals surface area contributed by atoms with Crippen LogP contribution in [0.3, 0.4) is 0 Å². The molecule has 0 saturated carbocycles. The minimum Gasteiger partial charge on any atom is -0.376 e. The largest absolute Gasteiger partial charge is 0.376 e. The van der Waals surface area contributed by atoms with Crippen molar-refractivity contribution in [3.05, 3.63) is 22.4 Å². The van der Waals surface area contributed by atoms with E-state index in [2.05, 4.69) is 24.4 Å². The average molecular weight is 308 g/mol. The molecule has 3 rings (SSSR count). The first-order valence-electron chi connectivity index (χ1n) is 7.68. The molecule has 4 nitrogen and oxygen atoms in total. The number of fused-ring (bicyclic) bond motifs is 1. The number of likely N-dealkylation sites (tertiary alicyclic amines) is 1. The predicted molar refractivity (Wildman–Crippen MR) is 84.5 cm³/mol. The molecule has 0 unspecified atom stereocenters. The zero-order valence-corrected chi connectivity index (χ0v) is 13.6. The van der Waals surface area contributed by atoms with E-state index in [0.29, 0.717) is 24.4 Å². The van der Waals surface area contributed by atoms with Crippen LogP contribution in [0.4, 0.5) is 0 Å². The van der Waals surface area contributed by atoms with Crippen molar-refractivity contribution in [1.29, 1.82) is 0 Å². The molecule has 3 heterocycles. The van der Waals surface area contributed by atoms with Gasteiger partial charge in [0.1, 0.15) is 0 Å². The van der Waals surface area contributed by atoms with Gasteiger partial charge in [0, 0.05) is 25.6 Å². The topological polar surface area (TPSA) is 32.8 Å². The Hall–Kier alpha value is -0.910. The average Bonchev–Trinajstić information content (AvgIpc) is 3.08. The predicted octanol–water partition coefficient (Wildman–Crippen LogP) is 1.72. The molecule has 2 saturated heterocycles. The highest BCUT2D eigenvalue weighted by Gasteiger charge is 2.41. The van der Waals surface area contributed by atoms with Gasteiger partial charge < -0.3 is 14.5 Å². The Morgan fingerprint density at radius 3 is 3.10 bits per heavy atom. The van der Waals surface area contributed by atoms with Gasteiger partial charge in [0.25, 0.3) is 0 Å². The molecule has 0 aliphatic carbocycles. The zero-order chi connectivity index (χ0) is 14.8. The number of amides is 1. The second-order valence-electron chi connectivity index (χ2n) is 6.49. The van der Waals surface area contributed by atoms with Crippen LogP contribution in [-0.4, -0.2) is 62.1 Å². The van der Waals surface area contributed by atoms with Crippen molar-refractivity contribution >= 4 is 17.2 Å². The van der Waals surface area contributed by atoms with Gasteiger partial charge >= 0.3 is 0 Å². The van der Waals surface area contributed by atoms with Crippen molar-refractivity contribution in [2.75, 3.05) is 40.3 Å². The Kier molecular flexibility index (Phi) is 4.62. The summed E-state index contributed by atoms with van der Waals surface area (Å²) in [5.74, 6) is 1.41. The van der Waals surface area contributed by atoms with Gasteiger partial charge in [-0.15, -0.1) is 0 Å². The molecule has 1 aromatic rings. The SMILES string of the molecule is CN(C)C[C@@H]1OC[C@@H]2CN(C(=O)Cc3ccsc3)CC[C@@H]21. The summed E-state index contributed by atoms with van der Waals surface area (Å²) in [6.07, 6.45) is 1.97. The minimum atomic E-state index is 0.267. The number of piperidine rings is 1. The lowest BCUT2D eigenvalue weighted by Crippen LogP contribution is -2.46. The van der Waals surface area contributed by atoms with Crippen molar-refractivity contribution in [2.24, 2.45) is 11.8 Å². The van der Waals surface area contributed by atoms with Crippen molar-refractivity contribution in [3.63, 3.8) is 0 Å². The highest BCUT2D eigenvalue weighted by molar-refractivity contribution is 7.07. The molecule has 3 atom stereocenters. The van der Waals surface area contributed by atoms with Gasteiger partial charge in [-0.1, -0.05) is 0 Å². The smallest absolute Gasteiger partial charge is 0.227 e. The third-order valence-corrected chi connectivity index (χ3v) is 5.36. The Bertz CT molecular complexity index is 475. The fraction of sp³-hybridized carbons (Fsp3) is 0.688. The molecule has 0 radical (unpaired) electrons. The van der Waals surface area contributed by atoms with Crippen LogP contribution in [0, 0.1) is 11.8 Å². The second-order valence-corrected chi connectivity index (χ2v) is 7.27. The van der Waals surface area contributed by atoms with E-state index in [1.165, 1.54) is 0 Å². The highest BCUT2D eigenvalue weighted by atomic mass is 32.1. The summed E-state index contributed by atoms with van der Waals surface area (Å²) in [4.78, 5) is 16.6. The van der Waals surface area contributed by atoms with E-state index < -0.39 is 0 Å². The van der Waals surface area contributed by atoms with Crippen LogP contribution in [0.2, 0.25) is 0 Å². The number of ether oxygens (including phenoxy) is 1. The third-order valence-electron chi connectivity index (χ3n) is 4.63. The Labute approximate surface area is 130 Å². The molecule has 2 aliphatic heterocycles. The van der Waals surface area contributed by atoms with Crippen molar-refractivity contribution in [1.82, 2.24) is 9.80 Å². The molecule has 5 heteroatoms. The number of likely N-dealkylation sites (N-methyl/N-ethyl adjacent to an activating group) is 1. The van der Waals surface area contributed by atoms with E-state index in [0.717, 1.165) is 38.2 Å². The molecule has 21 heavy (non-hydrogen) atoms. The van der Waals surface area contributed by atoms with Gasteiger partial charge in [0.2, 0.25) is 5.91 Å². The molecular formula is C16H24N2O2S. The second kappa shape index (κ2) is 6.46. The quantitative estimate of drug-likeness (QED) is 0.849. The van der Waals surface area contributed by atoms with E-state index in [1.54, 1.807) is 11.3 Å². The van der Waals surface area contributed by atoms with Crippen molar-refractivity contribution < 1.29 is 9.53 Å². The van der Waals surface area contributed by atoms with Crippen molar-refractivity contribution in [3.8, 4) is 0 Å². The summed E-state index contributed by atoms with van der Waals surface area (Å²) in [5.41, 5.74) is 1.14. The highest BCUT2D eigenvalue weighted by Crippen LogP contribution is 2.34. The first kappa shape index (κ1) is 15.0. The minimum absolute atomic E-state index is 0.267. The van der Waals surface area contributed by atoms with Crippen LogP contribution in [0.25, 0.3) is 0 Å². The molecular weight excluding hydrogens is 284 g/mol. The molecule has 1 aromatic heterocycles. The van der Waals surface area contributed by atoms with Crippen LogP contribution >= 0.6 is 11.3 Å². The van der Waals surface area contributed by atoms with Gasteiger partial charge in [-0.2, -0.15) is 11.3 Å².